The molecule has 3 rings (SSSR count). The summed E-state index contributed by atoms with van der Waals surface area (Å²) >= 11 is 0. The van der Waals surface area contributed by atoms with Gasteiger partial charge < -0.3 is 17.0 Å². The molecule has 0 N–H and O–H groups in total. The van der Waals surface area contributed by atoms with Crippen molar-refractivity contribution >= 4 is 0 Å². The molecule has 0 spiro atoms. The molecule has 0 aliphatic carbocycles. The van der Waals surface area contributed by atoms with E-state index in [-0.39, 0.29) is 17.0 Å². The van der Waals surface area contributed by atoms with E-state index < -0.39 is 0 Å². The van der Waals surface area contributed by atoms with Crippen LogP contribution in [0.4, 0.5) is 0 Å². The zero-order valence-electron chi connectivity index (χ0n) is 12.6. The van der Waals surface area contributed by atoms with Crippen LogP contribution >= 0.6 is 0 Å². The normalized spacial score (nSPS) is 10.2. The van der Waals surface area contributed by atoms with Crippen molar-refractivity contribution in [1.29, 1.82) is 0 Å². The number of benzene rings is 2. The molecular formula is C17H19BrN4. The van der Waals surface area contributed by atoms with Crippen molar-refractivity contribution in [3.8, 4) is 11.4 Å². The molecule has 0 bridgehead atoms. The summed E-state index contributed by atoms with van der Waals surface area (Å²) in [5.74, 6) is 0.879. The summed E-state index contributed by atoms with van der Waals surface area (Å²) in [5.41, 5.74) is 2.02. The Morgan fingerprint density at radius 1 is 0.955 bits per heavy atom. The first-order valence-electron chi connectivity index (χ1n) is 7.38. The minimum absolute atomic E-state index is 0. The zero-order chi connectivity index (χ0) is 14.5. The highest BCUT2D eigenvalue weighted by molar-refractivity contribution is 5.28. The van der Waals surface area contributed by atoms with Crippen molar-refractivity contribution in [2.24, 2.45) is 0 Å². The van der Waals surface area contributed by atoms with Crippen LogP contribution in [-0.4, -0.2) is 15.0 Å². The van der Waals surface area contributed by atoms with Gasteiger partial charge in [0.25, 0.3) is 0 Å². The lowest BCUT2D eigenvalue weighted by Gasteiger charge is -1.98. The Balaban J connectivity index is 0.00000176. The van der Waals surface area contributed by atoms with E-state index in [9.17, 15) is 0 Å². The van der Waals surface area contributed by atoms with E-state index >= 15 is 0 Å². The molecule has 5 heteroatoms. The minimum Gasteiger partial charge on any atom is -1.00 e. The van der Waals surface area contributed by atoms with E-state index in [2.05, 4.69) is 17.1 Å². The van der Waals surface area contributed by atoms with Gasteiger partial charge in [-0.05, 0) is 40.6 Å². The van der Waals surface area contributed by atoms with Gasteiger partial charge in [0.1, 0.15) is 5.69 Å². The van der Waals surface area contributed by atoms with Gasteiger partial charge in [0.15, 0.2) is 5.69 Å². The largest absolute Gasteiger partial charge is 1.00 e. The molecule has 3 aromatic rings. The summed E-state index contributed by atoms with van der Waals surface area (Å²) in [7, 11) is 0. The van der Waals surface area contributed by atoms with Crippen molar-refractivity contribution in [2.75, 3.05) is 0 Å². The average molecular weight is 359 g/mol. The Labute approximate surface area is 141 Å². The van der Waals surface area contributed by atoms with Gasteiger partial charge in [-0.25, -0.2) is 0 Å². The third-order valence-electron chi connectivity index (χ3n) is 3.33. The van der Waals surface area contributed by atoms with Crippen molar-refractivity contribution in [2.45, 2.75) is 26.2 Å². The Bertz CT molecular complexity index is 638. The van der Waals surface area contributed by atoms with Gasteiger partial charge in [0, 0.05) is 11.2 Å². The number of unbranched alkanes of at least 4 members (excludes halogenated alkanes) is 1. The highest BCUT2D eigenvalue weighted by Gasteiger charge is 2.21. The number of rotatable bonds is 5. The molecule has 0 fully saturated rings. The average Bonchev–Trinajstić information content (AvgIpc) is 2.99. The molecule has 1 heterocycles. The minimum atomic E-state index is 0. The smallest absolute Gasteiger partial charge is 0.309 e. The molecule has 0 radical (unpaired) electrons. The van der Waals surface area contributed by atoms with E-state index in [1.807, 2.05) is 70.3 Å². The molecule has 114 valence electrons. The molecule has 1 aromatic heterocycles. The first kappa shape index (κ1) is 16.4. The molecule has 0 atom stereocenters. The molecule has 0 aliphatic rings. The van der Waals surface area contributed by atoms with Crippen LogP contribution in [0, 0.1) is 0 Å². The Morgan fingerprint density at radius 2 is 1.59 bits per heavy atom. The highest BCUT2D eigenvalue weighted by Crippen LogP contribution is 2.06. The van der Waals surface area contributed by atoms with Gasteiger partial charge in [0.05, 0.1) is 5.10 Å². The van der Waals surface area contributed by atoms with Crippen LogP contribution in [0.25, 0.3) is 11.4 Å². The topological polar surface area (TPSA) is 34.6 Å². The van der Waals surface area contributed by atoms with Crippen LogP contribution < -0.4 is 21.8 Å². The van der Waals surface area contributed by atoms with E-state index in [0.29, 0.717) is 0 Å². The SMILES string of the molecule is CCCCc1nn(-c2ccccc2)[n+](-c2ccccc2)n1.[Br-]. The number of nitrogens with zero attached hydrogens (tertiary/aromatic N) is 4. The summed E-state index contributed by atoms with van der Waals surface area (Å²) in [5, 5.41) is 9.33. The molecule has 0 saturated carbocycles. The van der Waals surface area contributed by atoms with Gasteiger partial charge >= 0.3 is 5.82 Å². The number of halogens is 1. The number of tetrazole rings is 1. The lowest BCUT2D eigenvalue weighted by atomic mass is 10.2. The number of aromatic nitrogens is 4. The van der Waals surface area contributed by atoms with Crippen LogP contribution in [-0.2, 0) is 6.42 Å². The van der Waals surface area contributed by atoms with Crippen molar-refractivity contribution < 1.29 is 21.8 Å². The summed E-state index contributed by atoms with van der Waals surface area (Å²) in [6.07, 6.45) is 3.15. The zero-order valence-corrected chi connectivity index (χ0v) is 14.1. The lowest BCUT2D eigenvalue weighted by Crippen LogP contribution is -3.00. The predicted molar refractivity (Wildman–Crippen MR) is 81.5 cm³/mol. The fraction of sp³-hybridized carbons (Fsp3) is 0.235. The summed E-state index contributed by atoms with van der Waals surface area (Å²) in [6, 6.07) is 20.2. The van der Waals surface area contributed by atoms with E-state index in [1.165, 1.54) is 0 Å². The van der Waals surface area contributed by atoms with Crippen LogP contribution in [0.3, 0.4) is 0 Å². The fourth-order valence-corrected chi connectivity index (χ4v) is 2.22. The first-order valence-corrected chi connectivity index (χ1v) is 7.38. The van der Waals surface area contributed by atoms with Crippen molar-refractivity contribution in [3.63, 3.8) is 0 Å². The molecule has 4 nitrogen and oxygen atoms in total. The van der Waals surface area contributed by atoms with Crippen LogP contribution in [0.15, 0.2) is 60.7 Å². The lowest BCUT2D eigenvalue weighted by molar-refractivity contribution is -0.735. The maximum atomic E-state index is 4.66. The van der Waals surface area contributed by atoms with E-state index in [1.54, 1.807) is 0 Å². The third kappa shape index (κ3) is 3.60. The van der Waals surface area contributed by atoms with Crippen LogP contribution in [0.5, 0.6) is 0 Å². The highest BCUT2D eigenvalue weighted by atomic mass is 79.9. The Hall–Kier alpha value is -2.01. The molecule has 0 unspecified atom stereocenters. The molecule has 0 saturated heterocycles. The summed E-state index contributed by atoms with van der Waals surface area (Å²) in [4.78, 5) is 3.72. The molecule has 2 aromatic carbocycles. The van der Waals surface area contributed by atoms with Gasteiger partial charge in [-0.15, -0.1) is 0 Å². The second-order valence-corrected chi connectivity index (χ2v) is 4.97. The number of aryl methyl sites for hydroxylation is 1. The molecule has 0 aliphatic heterocycles. The van der Waals surface area contributed by atoms with Gasteiger partial charge in [-0.2, -0.15) is 0 Å². The number of hydrogen-bond donors (Lipinski definition) is 0. The standard InChI is InChI=1S/C17H19N4.BrH/c1-2-3-14-17-18-20(15-10-6-4-7-11-15)21(19-17)16-12-8-5-9-13-16;/h4-13H,2-3,14H2,1H3;1H/q+1;/p-1. The Morgan fingerprint density at radius 3 is 2.23 bits per heavy atom. The predicted octanol–water partition coefficient (Wildman–Crippen LogP) is -0.109. The monoisotopic (exact) mass is 358 g/mol. The first-order chi connectivity index (χ1) is 10.4. The van der Waals surface area contributed by atoms with Crippen LogP contribution in [0.2, 0.25) is 0 Å². The number of hydrogen-bond acceptors (Lipinski definition) is 2. The van der Waals surface area contributed by atoms with Gasteiger partial charge in [-0.3, -0.25) is 0 Å². The van der Waals surface area contributed by atoms with E-state index in [0.717, 1.165) is 36.5 Å². The van der Waals surface area contributed by atoms with Crippen molar-refractivity contribution in [3.05, 3.63) is 66.5 Å². The van der Waals surface area contributed by atoms with Crippen LogP contribution in [0.1, 0.15) is 25.6 Å². The third-order valence-corrected chi connectivity index (χ3v) is 3.33. The maximum absolute atomic E-state index is 4.66. The molecular weight excluding hydrogens is 340 g/mol. The Kier molecular flexibility index (Phi) is 5.83. The van der Waals surface area contributed by atoms with E-state index in [4.69, 9.17) is 0 Å². The summed E-state index contributed by atoms with van der Waals surface area (Å²) in [6.45, 7) is 2.18. The van der Waals surface area contributed by atoms with Crippen molar-refractivity contribution in [1.82, 2.24) is 15.0 Å². The number of para-hydroxylation sites is 2. The second kappa shape index (κ2) is 7.84. The molecule has 0 amide bonds. The fourth-order valence-electron chi connectivity index (χ4n) is 2.22. The van der Waals surface area contributed by atoms with Gasteiger partial charge in [0.2, 0.25) is 0 Å². The van der Waals surface area contributed by atoms with Gasteiger partial charge in [-0.1, -0.05) is 49.7 Å². The maximum Gasteiger partial charge on any atom is 0.309 e. The second-order valence-electron chi connectivity index (χ2n) is 4.97. The summed E-state index contributed by atoms with van der Waals surface area (Å²) < 4.78 is 0. The molecule has 22 heavy (non-hydrogen) atoms. The quantitative estimate of drug-likeness (QED) is 0.596.